The summed E-state index contributed by atoms with van der Waals surface area (Å²) in [4.78, 5) is 35.6. The van der Waals surface area contributed by atoms with Crippen LogP contribution in [0.1, 0.15) is 34.3 Å². The molecule has 1 aliphatic heterocycles. The summed E-state index contributed by atoms with van der Waals surface area (Å²) in [6.07, 6.45) is -10.1. The maximum atomic E-state index is 12.9. The monoisotopic (exact) mass is 445 g/mol. The van der Waals surface area contributed by atoms with Gasteiger partial charge < -0.3 is 5.32 Å². The molecule has 3 amide bonds. The summed E-state index contributed by atoms with van der Waals surface area (Å²) >= 11 is 0. The number of benzene rings is 2. The van der Waals surface area contributed by atoms with E-state index in [1.54, 1.807) is 0 Å². The van der Waals surface area contributed by atoms with Crippen LogP contribution >= 0.6 is 0 Å². The van der Waals surface area contributed by atoms with Crippen LogP contribution < -0.4 is 15.8 Å². The minimum Gasteiger partial charge on any atom is -0.322 e. The molecular formula is C19H13F6N3O3. The van der Waals surface area contributed by atoms with E-state index in [2.05, 4.69) is 5.43 Å². The smallest absolute Gasteiger partial charge is 0.322 e. The molecule has 2 aromatic rings. The van der Waals surface area contributed by atoms with Gasteiger partial charge >= 0.3 is 12.4 Å². The molecule has 0 aliphatic carbocycles. The number of alkyl halides is 6. The number of hydrogen-bond donors (Lipinski definition) is 2. The highest BCUT2D eigenvalue weighted by atomic mass is 19.4. The van der Waals surface area contributed by atoms with Crippen molar-refractivity contribution in [3.05, 3.63) is 59.2 Å². The first-order chi connectivity index (χ1) is 14.3. The Labute approximate surface area is 170 Å². The molecular weight excluding hydrogens is 432 g/mol. The van der Waals surface area contributed by atoms with Crippen molar-refractivity contribution in [2.24, 2.45) is 0 Å². The highest BCUT2D eigenvalue weighted by Crippen LogP contribution is 2.37. The molecule has 2 aromatic carbocycles. The molecule has 1 fully saturated rings. The molecule has 0 saturated carbocycles. The summed E-state index contributed by atoms with van der Waals surface area (Å²) in [6.45, 7) is 0. The number of carbonyl (C=O) groups excluding carboxylic acids is 3. The van der Waals surface area contributed by atoms with E-state index in [1.165, 1.54) is 24.3 Å². The molecule has 2 N–H and O–H groups in total. The van der Waals surface area contributed by atoms with Gasteiger partial charge in [0.15, 0.2) is 0 Å². The van der Waals surface area contributed by atoms with Crippen LogP contribution in [0.15, 0.2) is 42.5 Å². The summed E-state index contributed by atoms with van der Waals surface area (Å²) in [6, 6.07) is 5.74. The third-order valence-corrected chi connectivity index (χ3v) is 4.29. The highest BCUT2D eigenvalue weighted by Gasteiger charge is 2.37. The lowest BCUT2D eigenvalue weighted by molar-refractivity contribution is -0.143. The number of carbonyl (C=O) groups is 3. The van der Waals surface area contributed by atoms with Crippen molar-refractivity contribution >= 4 is 29.1 Å². The Bertz CT molecular complexity index is 999. The lowest BCUT2D eigenvalue weighted by atomic mass is 10.1. The van der Waals surface area contributed by atoms with E-state index >= 15 is 0 Å². The van der Waals surface area contributed by atoms with Gasteiger partial charge in [-0.1, -0.05) is 0 Å². The quantitative estimate of drug-likeness (QED) is 0.698. The molecule has 0 aromatic heterocycles. The van der Waals surface area contributed by atoms with E-state index in [0.29, 0.717) is 12.1 Å². The first-order valence-electron chi connectivity index (χ1n) is 8.68. The number of halogens is 6. The topological polar surface area (TPSA) is 78.5 Å². The molecule has 0 radical (unpaired) electrons. The second-order valence-electron chi connectivity index (χ2n) is 6.56. The largest absolute Gasteiger partial charge is 0.416 e. The van der Waals surface area contributed by atoms with E-state index in [-0.39, 0.29) is 42.0 Å². The number of anilines is 2. The van der Waals surface area contributed by atoms with Gasteiger partial charge in [0.1, 0.15) is 0 Å². The second kappa shape index (κ2) is 7.93. The van der Waals surface area contributed by atoms with Crippen LogP contribution in [-0.2, 0) is 21.9 Å². The second-order valence-corrected chi connectivity index (χ2v) is 6.56. The molecule has 0 atom stereocenters. The van der Waals surface area contributed by atoms with E-state index in [9.17, 15) is 40.7 Å². The number of hydrazine groups is 1. The van der Waals surface area contributed by atoms with Crippen LogP contribution in [0.3, 0.4) is 0 Å². The molecule has 31 heavy (non-hydrogen) atoms. The maximum absolute atomic E-state index is 12.9. The summed E-state index contributed by atoms with van der Waals surface area (Å²) in [5.41, 5.74) is -1.33. The predicted molar refractivity (Wildman–Crippen MR) is 95.7 cm³/mol. The average molecular weight is 445 g/mol. The zero-order chi connectivity index (χ0) is 23.0. The minimum atomic E-state index is -5.05. The van der Waals surface area contributed by atoms with Crippen LogP contribution in [0.2, 0.25) is 0 Å². The number of rotatable bonds is 3. The molecule has 1 heterocycles. The van der Waals surface area contributed by atoms with Crippen LogP contribution in [0, 0.1) is 0 Å². The zero-order valence-corrected chi connectivity index (χ0v) is 15.4. The van der Waals surface area contributed by atoms with Crippen molar-refractivity contribution in [1.29, 1.82) is 0 Å². The summed E-state index contributed by atoms with van der Waals surface area (Å²) in [7, 11) is 0. The molecule has 1 saturated heterocycles. The Morgan fingerprint density at radius 1 is 0.871 bits per heavy atom. The SMILES string of the molecule is O=C1CCC(=O)N(c2ccc(C(=O)Nc3cc(C(F)(F)F)cc(C(F)(F)F)c3)cc2)N1. The van der Waals surface area contributed by atoms with Gasteiger partial charge in [-0.2, -0.15) is 26.3 Å². The van der Waals surface area contributed by atoms with Crippen molar-refractivity contribution in [2.45, 2.75) is 25.2 Å². The van der Waals surface area contributed by atoms with Gasteiger partial charge in [0.25, 0.3) is 5.91 Å². The molecule has 164 valence electrons. The van der Waals surface area contributed by atoms with Crippen molar-refractivity contribution in [3.8, 4) is 0 Å². The number of hydrogen-bond acceptors (Lipinski definition) is 3. The number of nitrogens with one attached hydrogen (secondary N) is 2. The Hall–Kier alpha value is -3.57. The fourth-order valence-corrected chi connectivity index (χ4v) is 2.78. The predicted octanol–water partition coefficient (Wildman–Crippen LogP) is 4.13. The summed E-state index contributed by atoms with van der Waals surface area (Å²) in [5, 5.41) is 2.99. The van der Waals surface area contributed by atoms with Crippen molar-refractivity contribution < 1.29 is 40.7 Å². The first-order valence-corrected chi connectivity index (χ1v) is 8.68. The average Bonchev–Trinajstić information content (AvgIpc) is 2.68. The van der Waals surface area contributed by atoms with E-state index in [1.807, 2.05) is 5.32 Å². The number of nitrogens with zero attached hydrogens (tertiary/aromatic N) is 1. The Balaban J connectivity index is 1.83. The normalized spacial score (nSPS) is 15.0. The van der Waals surface area contributed by atoms with Gasteiger partial charge in [-0.3, -0.25) is 19.8 Å². The summed E-state index contributed by atoms with van der Waals surface area (Å²) < 4.78 is 77.6. The lowest BCUT2D eigenvalue weighted by Gasteiger charge is -2.27. The van der Waals surface area contributed by atoms with Crippen LogP contribution in [0.25, 0.3) is 0 Å². The Morgan fingerprint density at radius 3 is 1.94 bits per heavy atom. The number of amides is 3. The molecule has 1 aliphatic rings. The van der Waals surface area contributed by atoms with E-state index in [4.69, 9.17) is 0 Å². The molecule has 3 rings (SSSR count). The fourth-order valence-electron chi connectivity index (χ4n) is 2.78. The van der Waals surface area contributed by atoms with Gasteiger partial charge in [-0.15, -0.1) is 0 Å². The van der Waals surface area contributed by atoms with Crippen LogP contribution in [-0.4, -0.2) is 17.7 Å². The molecule has 6 nitrogen and oxygen atoms in total. The fraction of sp³-hybridized carbons (Fsp3) is 0.211. The van der Waals surface area contributed by atoms with Crippen LogP contribution in [0.5, 0.6) is 0 Å². The van der Waals surface area contributed by atoms with E-state index < -0.39 is 35.1 Å². The standard InChI is InChI=1S/C19H13F6N3O3/c20-18(21,22)11-7-12(19(23,24)25)9-13(8-11)26-17(31)10-1-3-14(4-2-10)28-16(30)6-5-15(29)27-28/h1-4,7-9H,5-6H2,(H,26,31)(H,27,29). The zero-order valence-electron chi connectivity index (χ0n) is 15.4. The van der Waals surface area contributed by atoms with Gasteiger partial charge in [-0.05, 0) is 42.5 Å². The highest BCUT2D eigenvalue weighted by molar-refractivity contribution is 6.05. The van der Waals surface area contributed by atoms with Crippen molar-refractivity contribution in [3.63, 3.8) is 0 Å². The molecule has 0 spiro atoms. The Morgan fingerprint density at radius 2 is 1.42 bits per heavy atom. The van der Waals surface area contributed by atoms with E-state index in [0.717, 1.165) is 5.01 Å². The van der Waals surface area contributed by atoms with Gasteiger partial charge in [-0.25, -0.2) is 5.01 Å². The van der Waals surface area contributed by atoms with Crippen LogP contribution in [0.4, 0.5) is 37.7 Å². The molecule has 0 bridgehead atoms. The lowest BCUT2D eigenvalue weighted by Crippen LogP contribution is -2.50. The van der Waals surface area contributed by atoms with Crippen molar-refractivity contribution in [2.75, 3.05) is 10.3 Å². The first kappa shape index (κ1) is 22.1. The van der Waals surface area contributed by atoms with Gasteiger partial charge in [0.05, 0.1) is 16.8 Å². The molecule has 0 unspecified atom stereocenters. The Kier molecular flexibility index (Phi) is 5.66. The maximum Gasteiger partial charge on any atom is 0.416 e. The minimum absolute atomic E-state index is 0.00877. The van der Waals surface area contributed by atoms with Gasteiger partial charge in [0, 0.05) is 24.1 Å². The molecule has 12 heteroatoms. The van der Waals surface area contributed by atoms with Crippen molar-refractivity contribution in [1.82, 2.24) is 5.43 Å². The summed E-state index contributed by atoms with van der Waals surface area (Å²) in [5.74, 6) is -1.74. The third kappa shape index (κ3) is 5.13. The van der Waals surface area contributed by atoms with Gasteiger partial charge in [0.2, 0.25) is 11.8 Å². The third-order valence-electron chi connectivity index (χ3n) is 4.29.